The van der Waals surface area contributed by atoms with Gasteiger partial charge in [-0.05, 0) is 48.7 Å². The molecule has 0 fully saturated rings. The summed E-state index contributed by atoms with van der Waals surface area (Å²) in [7, 11) is 1.43. The lowest BCUT2D eigenvalue weighted by molar-refractivity contribution is -0.117. The Morgan fingerprint density at radius 1 is 1.13 bits per heavy atom. The van der Waals surface area contributed by atoms with Gasteiger partial charge < -0.3 is 10.1 Å². The number of ether oxygens (including phenoxy) is 1. The summed E-state index contributed by atoms with van der Waals surface area (Å²) >= 11 is 0. The SMILES string of the molecule is CCCCc1ccc(NC(=O)Cn2nc(-c3ccc(F)cc3OC)ccc2=O)cc1. The molecule has 0 saturated carbocycles. The van der Waals surface area contributed by atoms with Crippen LogP contribution in [0.4, 0.5) is 10.1 Å². The largest absolute Gasteiger partial charge is 0.496 e. The number of unbranched alkanes of at least 4 members (excludes halogenated alkanes) is 1. The van der Waals surface area contributed by atoms with E-state index in [2.05, 4.69) is 17.3 Å². The van der Waals surface area contributed by atoms with Crippen molar-refractivity contribution in [1.29, 1.82) is 0 Å². The fourth-order valence-corrected chi connectivity index (χ4v) is 3.05. The van der Waals surface area contributed by atoms with Crippen molar-refractivity contribution in [1.82, 2.24) is 9.78 Å². The van der Waals surface area contributed by atoms with Crippen LogP contribution in [0.1, 0.15) is 25.3 Å². The van der Waals surface area contributed by atoms with Gasteiger partial charge in [-0.1, -0.05) is 25.5 Å². The number of benzene rings is 2. The van der Waals surface area contributed by atoms with E-state index in [1.54, 1.807) is 0 Å². The molecule has 1 amide bonds. The van der Waals surface area contributed by atoms with Gasteiger partial charge in [-0.2, -0.15) is 5.10 Å². The number of methoxy groups -OCH3 is 1. The number of hydrogen-bond donors (Lipinski definition) is 1. The van der Waals surface area contributed by atoms with Crippen LogP contribution in [0.2, 0.25) is 0 Å². The molecular weight excluding hydrogens is 385 g/mol. The highest BCUT2D eigenvalue weighted by atomic mass is 19.1. The van der Waals surface area contributed by atoms with E-state index < -0.39 is 11.4 Å². The van der Waals surface area contributed by atoms with Crippen molar-refractivity contribution >= 4 is 11.6 Å². The Morgan fingerprint density at radius 3 is 2.60 bits per heavy atom. The molecule has 0 aliphatic carbocycles. The second-order valence-corrected chi connectivity index (χ2v) is 6.91. The van der Waals surface area contributed by atoms with Crippen molar-refractivity contribution < 1.29 is 13.9 Å². The van der Waals surface area contributed by atoms with Crippen molar-refractivity contribution in [2.75, 3.05) is 12.4 Å². The van der Waals surface area contributed by atoms with Crippen LogP contribution in [0, 0.1) is 5.82 Å². The molecule has 0 aliphatic heterocycles. The smallest absolute Gasteiger partial charge is 0.267 e. The Bertz CT molecular complexity index is 1080. The number of nitrogens with zero attached hydrogens (tertiary/aromatic N) is 2. The Hall–Kier alpha value is -3.48. The summed E-state index contributed by atoms with van der Waals surface area (Å²) in [6, 6.07) is 14.5. The molecular formula is C23H24FN3O3. The molecule has 1 N–H and O–H groups in total. The lowest BCUT2D eigenvalue weighted by atomic mass is 10.1. The summed E-state index contributed by atoms with van der Waals surface area (Å²) in [5, 5.41) is 7.03. The van der Waals surface area contributed by atoms with Gasteiger partial charge in [0.15, 0.2) is 0 Å². The fraction of sp³-hybridized carbons (Fsp3) is 0.261. The third-order valence-electron chi connectivity index (χ3n) is 4.66. The zero-order valence-corrected chi connectivity index (χ0v) is 17.0. The van der Waals surface area contributed by atoms with Crippen LogP contribution in [0.3, 0.4) is 0 Å². The van der Waals surface area contributed by atoms with Crippen LogP contribution >= 0.6 is 0 Å². The molecule has 1 aromatic heterocycles. The number of hydrogen-bond acceptors (Lipinski definition) is 4. The van der Waals surface area contributed by atoms with Gasteiger partial charge in [0.2, 0.25) is 5.91 Å². The van der Waals surface area contributed by atoms with E-state index in [1.807, 2.05) is 24.3 Å². The molecule has 7 heteroatoms. The molecule has 0 spiro atoms. The van der Waals surface area contributed by atoms with Gasteiger partial charge in [-0.15, -0.1) is 0 Å². The molecule has 3 rings (SSSR count). The minimum atomic E-state index is -0.441. The second-order valence-electron chi connectivity index (χ2n) is 6.91. The van der Waals surface area contributed by atoms with Crippen LogP contribution in [-0.4, -0.2) is 22.8 Å². The van der Waals surface area contributed by atoms with Crippen LogP contribution in [0.5, 0.6) is 5.75 Å². The molecule has 1 heterocycles. The first kappa shape index (κ1) is 21.2. The minimum Gasteiger partial charge on any atom is -0.496 e. The minimum absolute atomic E-state index is 0.242. The normalized spacial score (nSPS) is 10.6. The molecule has 30 heavy (non-hydrogen) atoms. The maximum Gasteiger partial charge on any atom is 0.267 e. The van der Waals surface area contributed by atoms with Gasteiger partial charge in [0.1, 0.15) is 18.1 Å². The zero-order chi connectivity index (χ0) is 21.5. The Morgan fingerprint density at radius 2 is 1.90 bits per heavy atom. The second kappa shape index (κ2) is 9.82. The summed E-state index contributed by atoms with van der Waals surface area (Å²) < 4.78 is 19.7. The number of aromatic nitrogens is 2. The number of anilines is 1. The third kappa shape index (κ3) is 5.31. The Kier molecular flexibility index (Phi) is 6.95. The van der Waals surface area contributed by atoms with Gasteiger partial charge in [0.05, 0.1) is 12.8 Å². The topological polar surface area (TPSA) is 73.2 Å². The Labute approximate surface area is 174 Å². The van der Waals surface area contributed by atoms with Gasteiger partial charge in [0, 0.05) is 23.4 Å². The van der Waals surface area contributed by atoms with Gasteiger partial charge in [-0.25, -0.2) is 9.07 Å². The van der Waals surface area contributed by atoms with Crippen molar-refractivity contribution in [3.63, 3.8) is 0 Å². The number of rotatable bonds is 8. The highest BCUT2D eigenvalue weighted by molar-refractivity contribution is 5.90. The predicted octanol–water partition coefficient (Wildman–Crippen LogP) is 4.04. The van der Waals surface area contributed by atoms with Crippen LogP contribution in [0.15, 0.2) is 59.4 Å². The highest BCUT2D eigenvalue weighted by Gasteiger charge is 2.12. The molecule has 0 radical (unpaired) electrons. The van der Waals surface area contributed by atoms with Crippen molar-refractivity contribution in [3.05, 3.63) is 76.3 Å². The summed E-state index contributed by atoms with van der Waals surface area (Å²) in [6.45, 7) is 1.90. The van der Waals surface area contributed by atoms with Crippen LogP contribution in [0.25, 0.3) is 11.3 Å². The number of amides is 1. The van der Waals surface area contributed by atoms with E-state index in [0.29, 0.717) is 22.7 Å². The van der Waals surface area contributed by atoms with Gasteiger partial charge in [0.25, 0.3) is 5.56 Å². The number of halogens is 1. The number of carbonyl (C=O) groups excluding carboxylic acids is 1. The van der Waals surface area contributed by atoms with Crippen molar-refractivity contribution in [2.45, 2.75) is 32.7 Å². The summed E-state index contributed by atoms with van der Waals surface area (Å²) in [5.74, 6) is -0.515. The molecule has 0 saturated heterocycles. The maximum atomic E-state index is 13.4. The van der Waals surface area contributed by atoms with Gasteiger partial charge >= 0.3 is 0 Å². The number of carbonyl (C=O) groups is 1. The van der Waals surface area contributed by atoms with E-state index >= 15 is 0 Å². The lowest BCUT2D eigenvalue weighted by Crippen LogP contribution is -2.29. The van der Waals surface area contributed by atoms with Gasteiger partial charge in [-0.3, -0.25) is 9.59 Å². The van der Waals surface area contributed by atoms with E-state index in [4.69, 9.17) is 4.74 Å². The first-order chi connectivity index (χ1) is 14.5. The molecule has 0 atom stereocenters. The average Bonchev–Trinajstić information content (AvgIpc) is 2.74. The van der Waals surface area contributed by atoms with Crippen molar-refractivity contribution in [3.8, 4) is 17.0 Å². The standard InChI is InChI=1S/C23H24FN3O3/c1-3-4-5-16-6-9-18(10-7-16)25-22(28)15-27-23(29)13-12-20(26-27)19-11-8-17(24)14-21(19)30-2/h6-14H,3-5,15H2,1-2H3,(H,25,28). The summed E-state index contributed by atoms with van der Waals surface area (Å²) in [5.41, 5.74) is 2.39. The molecule has 0 unspecified atom stereocenters. The predicted molar refractivity (Wildman–Crippen MR) is 114 cm³/mol. The van der Waals surface area contributed by atoms with Crippen molar-refractivity contribution in [2.24, 2.45) is 0 Å². The van der Waals surface area contributed by atoms with E-state index in [-0.39, 0.29) is 12.5 Å². The van der Waals surface area contributed by atoms with E-state index in [1.165, 1.54) is 43.0 Å². The third-order valence-corrected chi connectivity index (χ3v) is 4.66. The molecule has 0 bridgehead atoms. The van der Waals surface area contributed by atoms with Crippen LogP contribution in [-0.2, 0) is 17.8 Å². The lowest BCUT2D eigenvalue weighted by Gasteiger charge is -2.11. The van der Waals surface area contributed by atoms with E-state index in [9.17, 15) is 14.0 Å². The molecule has 2 aromatic carbocycles. The van der Waals surface area contributed by atoms with Crippen LogP contribution < -0.4 is 15.6 Å². The number of nitrogens with one attached hydrogen (secondary N) is 1. The molecule has 156 valence electrons. The summed E-state index contributed by atoms with van der Waals surface area (Å²) in [6.07, 6.45) is 3.25. The molecule has 0 aliphatic rings. The monoisotopic (exact) mass is 409 g/mol. The zero-order valence-electron chi connectivity index (χ0n) is 17.0. The maximum absolute atomic E-state index is 13.4. The first-order valence-electron chi connectivity index (χ1n) is 9.81. The van der Waals surface area contributed by atoms with E-state index in [0.717, 1.165) is 23.9 Å². The molecule has 3 aromatic rings. The number of aryl methyl sites for hydroxylation is 1. The highest BCUT2D eigenvalue weighted by Crippen LogP contribution is 2.28. The molecule has 6 nitrogen and oxygen atoms in total. The Balaban J connectivity index is 1.74. The fourth-order valence-electron chi connectivity index (χ4n) is 3.05. The summed E-state index contributed by atoms with van der Waals surface area (Å²) in [4.78, 5) is 24.6. The quantitative estimate of drug-likeness (QED) is 0.609. The average molecular weight is 409 g/mol. The first-order valence-corrected chi connectivity index (χ1v) is 9.81.